The lowest BCUT2D eigenvalue weighted by molar-refractivity contribution is 0.130. The highest BCUT2D eigenvalue weighted by atomic mass is 35.5. The van der Waals surface area contributed by atoms with E-state index in [0.717, 1.165) is 38.2 Å². The fraction of sp³-hybridized carbons (Fsp3) is 0.600. The molecule has 1 fully saturated rings. The zero-order chi connectivity index (χ0) is 13.7. The number of nitrogens with zero attached hydrogens (tertiary/aromatic N) is 1. The number of likely N-dealkylation sites (tertiary alicyclic amines) is 1. The third-order valence-electron chi connectivity index (χ3n) is 3.87. The molecule has 2 unspecified atom stereocenters. The largest absolute Gasteiger partial charge is 0.492 e. The highest BCUT2D eigenvalue weighted by molar-refractivity contribution is 6.30. The fourth-order valence-electron chi connectivity index (χ4n) is 2.61. The van der Waals surface area contributed by atoms with Gasteiger partial charge >= 0.3 is 0 Å². The second-order valence-electron chi connectivity index (χ2n) is 5.23. The van der Waals surface area contributed by atoms with Crippen molar-refractivity contribution in [3.63, 3.8) is 0 Å². The second kappa shape index (κ2) is 7.13. The Hall–Kier alpha value is -0.770. The average Bonchev–Trinajstić information content (AvgIpc) is 2.41. The molecule has 1 aromatic carbocycles. The van der Waals surface area contributed by atoms with E-state index in [9.17, 15) is 0 Å². The first kappa shape index (κ1) is 14.6. The first-order valence-corrected chi connectivity index (χ1v) is 7.43. The Morgan fingerprint density at radius 1 is 1.47 bits per heavy atom. The first-order valence-electron chi connectivity index (χ1n) is 7.05. The Kier molecular flexibility index (Phi) is 5.49. The molecule has 1 aliphatic rings. The van der Waals surface area contributed by atoms with E-state index in [1.54, 1.807) is 0 Å². The molecule has 2 rings (SSSR count). The van der Waals surface area contributed by atoms with Crippen LogP contribution in [0.25, 0.3) is 0 Å². The van der Waals surface area contributed by atoms with E-state index in [1.807, 2.05) is 24.3 Å². The smallest absolute Gasteiger partial charge is 0.120 e. The molecular weight excluding hydrogens is 260 g/mol. The predicted octanol–water partition coefficient (Wildman–Crippen LogP) is 2.78. The van der Waals surface area contributed by atoms with Crippen LogP contribution in [0.5, 0.6) is 5.75 Å². The van der Waals surface area contributed by atoms with E-state index in [4.69, 9.17) is 22.1 Å². The number of piperidine rings is 1. The summed E-state index contributed by atoms with van der Waals surface area (Å²) in [5.41, 5.74) is 6.12. The monoisotopic (exact) mass is 282 g/mol. The van der Waals surface area contributed by atoms with Gasteiger partial charge in [-0.1, -0.05) is 31.0 Å². The molecule has 0 saturated carbocycles. The topological polar surface area (TPSA) is 38.5 Å². The maximum absolute atomic E-state index is 6.12. The maximum Gasteiger partial charge on any atom is 0.120 e. The molecule has 1 aromatic rings. The molecule has 0 bridgehead atoms. The van der Waals surface area contributed by atoms with Gasteiger partial charge in [0.1, 0.15) is 12.4 Å². The van der Waals surface area contributed by atoms with Crippen LogP contribution < -0.4 is 10.5 Å². The van der Waals surface area contributed by atoms with Gasteiger partial charge < -0.3 is 10.5 Å². The number of benzene rings is 1. The highest BCUT2D eigenvalue weighted by Crippen LogP contribution is 2.19. The third kappa shape index (κ3) is 4.37. The molecule has 0 radical (unpaired) electrons. The quantitative estimate of drug-likeness (QED) is 0.902. The van der Waals surface area contributed by atoms with Crippen LogP contribution in [0, 0.1) is 5.92 Å². The molecule has 106 valence electrons. The van der Waals surface area contributed by atoms with Crippen LogP contribution in [-0.4, -0.2) is 37.2 Å². The summed E-state index contributed by atoms with van der Waals surface area (Å²) in [4.78, 5) is 2.45. The second-order valence-corrected chi connectivity index (χ2v) is 5.66. The molecule has 2 atom stereocenters. The highest BCUT2D eigenvalue weighted by Gasteiger charge is 2.24. The summed E-state index contributed by atoms with van der Waals surface area (Å²) >= 11 is 5.92. The molecule has 1 heterocycles. The van der Waals surface area contributed by atoms with Gasteiger partial charge in [-0.25, -0.2) is 0 Å². The van der Waals surface area contributed by atoms with Crippen molar-refractivity contribution < 1.29 is 4.74 Å². The molecule has 2 N–H and O–H groups in total. The van der Waals surface area contributed by atoms with Crippen LogP contribution in [0.15, 0.2) is 24.3 Å². The van der Waals surface area contributed by atoms with Crippen LogP contribution in [-0.2, 0) is 0 Å². The van der Waals surface area contributed by atoms with Gasteiger partial charge in [0.15, 0.2) is 0 Å². The zero-order valence-corrected chi connectivity index (χ0v) is 12.3. The van der Waals surface area contributed by atoms with Gasteiger partial charge in [-0.05, 0) is 37.1 Å². The van der Waals surface area contributed by atoms with E-state index in [2.05, 4.69) is 11.8 Å². The predicted molar refractivity (Wildman–Crippen MR) is 79.8 cm³/mol. The molecule has 0 aromatic heterocycles. The van der Waals surface area contributed by atoms with Crippen LogP contribution in [0.3, 0.4) is 0 Å². The minimum absolute atomic E-state index is 0.370. The molecular formula is C15H23ClN2O. The molecule has 0 amide bonds. The SMILES string of the molecule is CCC1CN(CCOc2cccc(Cl)c2)CCC1N. The summed E-state index contributed by atoms with van der Waals surface area (Å²) in [6, 6.07) is 7.92. The molecule has 3 nitrogen and oxygen atoms in total. The summed E-state index contributed by atoms with van der Waals surface area (Å²) in [7, 11) is 0. The van der Waals surface area contributed by atoms with Gasteiger partial charge in [-0.2, -0.15) is 0 Å². The van der Waals surface area contributed by atoms with Crippen molar-refractivity contribution in [1.82, 2.24) is 4.90 Å². The maximum atomic E-state index is 6.12. The molecule has 0 spiro atoms. The number of ether oxygens (including phenoxy) is 1. The zero-order valence-electron chi connectivity index (χ0n) is 11.5. The van der Waals surface area contributed by atoms with Crippen molar-refractivity contribution in [3.05, 3.63) is 29.3 Å². The first-order chi connectivity index (χ1) is 9.19. The Bertz CT molecular complexity index is 399. The Labute approximate surface area is 120 Å². The van der Waals surface area contributed by atoms with Gasteiger partial charge in [0, 0.05) is 24.2 Å². The summed E-state index contributed by atoms with van der Waals surface area (Å²) in [6.45, 7) is 6.05. The Morgan fingerprint density at radius 2 is 2.32 bits per heavy atom. The van der Waals surface area contributed by atoms with Crippen LogP contribution in [0.4, 0.5) is 0 Å². The van der Waals surface area contributed by atoms with Crippen molar-refractivity contribution in [2.24, 2.45) is 11.7 Å². The minimum atomic E-state index is 0.370. The molecule has 1 aliphatic heterocycles. The van der Waals surface area contributed by atoms with Crippen molar-refractivity contribution in [2.45, 2.75) is 25.8 Å². The van der Waals surface area contributed by atoms with E-state index in [1.165, 1.54) is 0 Å². The lowest BCUT2D eigenvalue weighted by Crippen LogP contribution is -2.47. The summed E-state index contributed by atoms with van der Waals surface area (Å²) < 4.78 is 5.73. The number of hydrogen-bond donors (Lipinski definition) is 1. The normalized spacial score (nSPS) is 24.4. The third-order valence-corrected chi connectivity index (χ3v) is 4.11. The van der Waals surface area contributed by atoms with Crippen molar-refractivity contribution in [2.75, 3.05) is 26.2 Å². The van der Waals surface area contributed by atoms with Gasteiger partial charge in [-0.3, -0.25) is 4.90 Å². The van der Waals surface area contributed by atoms with Crippen LogP contribution >= 0.6 is 11.6 Å². The van der Waals surface area contributed by atoms with E-state index in [0.29, 0.717) is 23.6 Å². The van der Waals surface area contributed by atoms with E-state index >= 15 is 0 Å². The fourth-order valence-corrected chi connectivity index (χ4v) is 2.79. The van der Waals surface area contributed by atoms with Crippen LogP contribution in [0.2, 0.25) is 5.02 Å². The summed E-state index contributed by atoms with van der Waals surface area (Å²) in [5, 5.41) is 0.715. The number of halogens is 1. The molecule has 1 saturated heterocycles. The lowest BCUT2D eigenvalue weighted by Gasteiger charge is -2.36. The number of nitrogens with two attached hydrogens (primary N) is 1. The summed E-state index contributed by atoms with van der Waals surface area (Å²) in [6.07, 6.45) is 2.25. The van der Waals surface area contributed by atoms with Crippen molar-refractivity contribution >= 4 is 11.6 Å². The van der Waals surface area contributed by atoms with Gasteiger partial charge in [0.05, 0.1) is 0 Å². The van der Waals surface area contributed by atoms with Gasteiger partial charge in [0.25, 0.3) is 0 Å². The van der Waals surface area contributed by atoms with Gasteiger partial charge in [-0.15, -0.1) is 0 Å². The summed E-state index contributed by atoms with van der Waals surface area (Å²) in [5.74, 6) is 1.47. The molecule has 19 heavy (non-hydrogen) atoms. The van der Waals surface area contributed by atoms with Crippen LogP contribution in [0.1, 0.15) is 19.8 Å². The Balaban J connectivity index is 1.74. The standard InChI is InChI=1S/C15H23ClN2O/c1-2-12-11-18(7-6-15(12)17)8-9-19-14-5-3-4-13(16)10-14/h3-5,10,12,15H,2,6-9,11,17H2,1H3. The van der Waals surface area contributed by atoms with E-state index in [-0.39, 0.29) is 0 Å². The minimum Gasteiger partial charge on any atom is -0.492 e. The van der Waals surface area contributed by atoms with Crippen molar-refractivity contribution in [3.8, 4) is 5.75 Å². The molecule has 4 heteroatoms. The lowest BCUT2D eigenvalue weighted by atomic mass is 9.91. The molecule has 0 aliphatic carbocycles. The Morgan fingerprint density at radius 3 is 3.05 bits per heavy atom. The average molecular weight is 283 g/mol. The number of hydrogen-bond acceptors (Lipinski definition) is 3. The number of rotatable bonds is 5. The van der Waals surface area contributed by atoms with E-state index < -0.39 is 0 Å². The van der Waals surface area contributed by atoms with Crippen molar-refractivity contribution in [1.29, 1.82) is 0 Å². The van der Waals surface area contributed by atoms with Gasteiger partial charge in [0.2, 0.25) is 0 Å².